The molecule has 1 aromatic heterocycles. The second-order valence-corrected chi connectivity index (χ2v) is 5.35. The number of hydrogen-bond donors (Lipinski definition) is 0. The van der Waals surface area contributed by atoms with Crippen LogP contribution in [0.4, 0.5) is 4.39 Å². The van der Waals surface area contributed by atoms with Crippen LogP contribution in [0.1, 0.15) is 24.8 Å². The van der Waals surface area contributed by atoms with E-state index in [1.54, 1.807) is 23.0 Å². The van der Waals surface area contributed by atoms with Gasteiger partial charge in [-0.25, -0.2) is 4.39 Å². The van der Waals surface area contributed by atoms with E-state index in [1.165, 1.54) is 12.1 Å². The summed E-state index contributed by atoms with van der Waals surface area (Å²) >= 11 is 0. The van der Waals surface area contributed by atoms with Gasteiger partial charge in [-0.3, -0.25) is 9.48 Å². The van der Waals surface area contributed by atoms with Gasteiger partial charge in [0.25, 0.3) is 0 Å². The molecule has 0 atom stereocenters. The van der Waals surface area contributed by atoms with E-state index >= 15 is 0 Å². The SMILES string of the molecule is O=C(OCCn1cccn1)C1(c2ccc(F)cc2)CCC1. The maximum atomic E-state index is 13.0. The highest BCUT2D eigenvalue weighted by Crippen LogP contribution is 2.44. The molecule has 1 saturated carbocycles. The minimum atomic E-state index is -0.585. The maximum absolute atomic E-state index is 13.0. The minimum Gasteiger partial charge on any atom is -0.463 e. The molecule has 0 radical (unpaired) electrons. The van der Waals surface area contributed by atoms with Crippen molar-refractivity contribution in [2.45, 2.75) is 31.2 Å². The molecule has 3 rings (SSSR count). The molecule has 1 aromatic carbocycles. The number of halogens is 1. The van der Waals surface area contributed by atoms with Gasteiger partial charge in [-0.2, -0.15) is 5.10 Å². The van der Waals surface area contributed by atoms with Crippen LogP contribution in [-0.4, -0.2) is 22.4 Å². The number of esters is 1. The molecule has 0 bridgehead atoms. The van der Waals surface area contributed by atoms with Gasteiger partial charge in [-0.05, 0) is 36.6 Å². The fraction of sp³-hybridized carbons (Fsp3) is 0.375. The first-order valence-corrected chi connectivity index (χ1v) is 7.11. The van der Waals surface area contributed by atoms with Gasteiger partial charge in [0, 0.05) is 12.4 Å². The van der Waals surface area contributed by atoms with Crippen LogP contribution in [0.2, 0.25) is 0 Å². The van der Waals surface area contributed by atoms with Crippen LogP contribution in [0, 0.1) is 5.82 Å². The van der Waals surface area contributed by atoms with Gasteiger partial charge in [0.1, 0.15) is 12.4 Å². The van der Waals surface area contributed by atoms with Crippen molar-refractivity contribution in [3.8, 4) is 0 Å². The number of hydrogen-bond acceptors (Lipinski definition) is 3. The summed E-state index contributed by atoms with van der Waals surface area (Å²) < 4.78 is 20.2. The molecule has 0 amide bonds. The Morgan fingerprint density at radius 2 is 2.10 bits per heavy atom. The Hall–Kier alpha value is -2.17. The summed E-state index contributed by atoms with van der Waals surface area (Å²) in [7, 11) is 0. The Morgan fingerprint density at radius 1 is 1.33 bits per heavy atom. The van der Waals surface area contributed by atoms with Crippen LogP contribution in [0.5, 0.6) is 0 Å². The van der Waals surface area contributed by atoms with Crippen LogP contribution in [-0.2, 0) is 21.5 Å². The van der Waals surface area contributed by atoms with E-state index in [1.807, 2.05) is 12.3 Å². The fourth-order valence-electron chi connectivity index (χ4n) is 2.71. The standard InChI is InChI=1S/C16H17FN2O2/c17-14-5-3-13(4-6-14)16(7-1-8-16)15(20)21-12-11-19-10-2-9-18-19/h2-6,9-10H,1,7-8,11-12H2. The normalized spacial score (nSPS) is 16.2. The van der Waals surface area contributed by atoms with Crippen molar-refractivity contribution in [1.29, 1.82) is 0 Å². The highest BCUT2D eigenvalue weighted by atomic mass is 19.1. The Labute approximate surface area is 122 Å². The average molecular weight is 288 g/mol. The lowest BCUT2D eigenvalue weighted by Gasteiger charge is -2.39. The molecule has 0 saturated heterocycles. The number of rotatable bonds is 5. The molecule has 4 nitrogen and oxygen atoms in total. The highest BCUT2D eigenvalue weighted by molar-refractivity contribution is 5.84. The highest BCUT2D eigenvalue weighted by Gasteiger charge is 2.47. The van der Waals surface area contributed by atoms with E-state index in [2.05, 4.69) is 5.10 Å². The summed E-state index contributed by atoms with van der Waals surface area (Å²) in [6, 6.07) is 7.99. The van der Waals surface area contributed by atoms with Crippen molar-refractivity contribution in [3.63, 3.8) is 0 Å². The lowest BCUT2D eigenvalue weighted by molar-refractivity contribution is -0.154. The van der Waals surface area contributed by atoms with E-state index in [9.17, 15) is 9.18 Å². The molecule has 0 spiro atoms. The topological polar surface area (TPSA) is 44.1 Å². The Morgan fingerprint density at radius 3 is 2.67 bits per heavy atom. The Balaban J connectivity index is 1.65. The van der Waals surface area contributed by atoms with E-state index in [4.69, 9.17) is 4.74 Å². The molecule has 0 aliphatic heterocycles. The van der Waals surface area contributed by atoms with Crippen LogP contribution in [0.25, 0.3) is 0 Å². The zero-order chi connectivity index (χ0) is 14.7. The van der Waals surface area contributed by atoms with Crippen LogP contribution in [0.3, 0.4) is 0 Å². The third-order valence-corrected chi connectivity index (χ3v) is 4.11. The minimum absolute atomic E-state index is 0.215. The van der Waals surface area contributed by atoms with E-state index in [0.717, 1.165) is 24.8 Å². The zero-order valence-electron chi connectivity index (χ0n) is 11.7. The summed E-state index contributed by atoms with van der Waals surface area (Å²) in [5.41, 5.74) is 0.261. The summed E-state index contributed by atoms with van der Waals surface area (Å²) in [5, 5.41) is 4.06. The largest absolute Gasteiger partial charge is 0.463 e. The van der Waals surface area contributed by atoms with Crippen LogP contribution < -0.4 is 0 Å². The smallest absolute Gasteiger partial charge is 0.316 e. The van der Waals surface area contributed by atoms with Gasteiger partial charge >= 0.3 is 5.97 Å². The van der Waals surface area contributed by atoms with Gasteiger partial charge in [0.2, 0.25) is 0 Å². The monoisotopic (exact) mass is 288 g/mol. The van der Waals surface area contributed by atoms with Crippen molar-refractivity contribution >= 4 is 5.97 Å². The molecule has 1 fully saturated rings. The molecule has 0 unspecified atom stereocenters. The van der Waals surface area contributed by atoms with Gasteiger partial charge in [0.05, 0.1) is 12.0 Å². The van der Waals surface area contributed by atoms with Crippen molar-refractivity contribution in [2.24, 2.45) is 0 Å². The molecule has 1 heterocycles. The van der Waals surface area contributed by atoms with Crippen molar-refractivity contribution in [1.82, 2.24) is 9.78 Å². The van der Waals surface area contributed by atoms with Gasteiger partial charge in [-0.1, -0.05) is 18.6 Å². The quantitative estimate of drug-likeness (QED) is 0.795. The number of carbonyl (C=O) groups is 1. The van der Waals surface area contributed by atoms with Crippen molar-refractivity contribution < 1.29 is 13.9 Å². The number of benzene rings is 1. The second-order valence-electron chi connectivity index (χ2n) is 5.35. The predicted molar refractivity (Wildman–Crippen MR) is 75.1 cm³/mol. The summed E-state index contributed by atoms with van der Waals surface area (Å²) in [6.45, 7) is 0.835. The second kappa shape index (κ2) is 5.68. The van der Waals surface area contributed by atoms with Crippen molar-refractivity contribution in [3.05, 3.63) is 54.1 Å². The Kier molecular flexibility index (Phi) is 3.73. The van der Waals surface area contributed by atoms with Gasteiger partial charge in [0.15, 0.2) is 0 Å². The first-order valence-electron chi connectivity index (χ1n) is 7.11. The maximum Gasteiger partial charge on any atom is 0.316 e. The molecule has 110 valence electrons. The van der Waals surface area contributed by atoms with E-state index in [-0.39, 0.29) is 11.8 Å². The molecule has 1 aliphatic carbocycles. The van der Waals surface area contributed by atoms with Gasteiger partial charge in [-0.15, -0.1) is 0 Å². The summed E-state index contributed by atoms with van der Waals surface area (Å²) in [4.78, 5) is 12.4. The Bertz CT molecular complexity index is 604. The summed E-state index contributed by atoms with van der Waals surface area (Å²) in [5.74, 6) is -0.507. The zero-order valence-corrected chi connectivity index (χ0v) is 11.7. The molecule has 5 heteroatoms. The molecule has 0 N–H and O–H groups in total. The fourth-order valence-corrected chi connectivity index (χ4v) is 2.71. The van der Waals surface area contributed by atoms with Crippen LogP contribution in [0.15, 0.2) is 42.7 Å². The lowest BCUT2D eigenvalue weighted by Crippen LogP contribution is -2.44. The average Bonchev–Trinajstić information content (AvgIpc) is 2.93. The number of nitrogens with zero attached hydrogens (tertiary/aromatic N) is 2. The number of carbonyl (C=O) groups excluding carboxylic acids is 1. The van der Waals surface area contributed by atoms with Gasteiger partial charge < -0.3 is 4.74 Å². The third kappa shape index (κ3) is 2.68. The first-order chi connectivity index (χ1) is 10.2. The first kappa shape index (κ1) is 13.8. The molecule has 21 heavy (non-hydrogen) atoms. The van der Waals surface area contributed by atoms with Crippen LogP contribution >= 0.6 is 0 Å². The lowest BCUT2D eigenvalue weighted by atomic mass is 9.64. The number of ether oxygens (including phenoxy) is 1. The molecular weight excluding hydrogens is 271 g/mol. The number of aromatic nitrogens is 2. The molecular formula is C16H17FN2O2. The molecule has 1 aliphatic rings. The van der Waals surface area contributed by atoms with E-state index in [0.29, 0.717) is 13.2 Å². The van der Waals surface area contributed by atoms with E-state index < -0.39 is 5.41 Å². The van der Waals surface area contributed by atoms with Crippen molar-refractivity contribution in [2.75, 3.05) is 6.61 Å². The molecule has 2 aromatic rings. The predicted octanol–water partition coefficient (Wildman–Crippen LogP) is 2.69. The third-order valence-electron chi connectivity index (χ3n) is 4.11. The summed E-state index contributed by atoms with van der Waals surface area (Å²) in [6.07, 6.45) is 6.03.